The lowest BCUT2D eigenvalue weighted by Gasteiger charge is -2.29. The number of ether oxygens (including phenoxy) is 1. The van der Waals surface area contributed by atoms with Crippen LogP contribution in [0, 0.1) is 0 Å². The molecule has 0 spiro atoms. The van der Waals surface area contributed by atoms with Crippen LogP contribution in [0.4, 0.5) is 11.5 Å². The third kappa shape index (κ3) is 3.43. The molecule has 26 heavy (non-hydrogen) atoms. The second kappa shape index (κ2) is 7.37. The van der Waals surface area contributed by atoms with Gasteiger partial charge < -0.3 is 19.5 Å². The van der Waals surface area contributed by atoms with Crippen LogP contribution in [0.2, 0.25) is 0 Å². The molecule has 7 nitrogen and oxygen atoms in total. The van der Waals surface area contributed by atoms with Gasteiger partial charge in [0.05, 0.1) is 25.1 Å². The summed E-state index contributed by atoms with van der Waals surface area (Å²) in [4.78, 5) is 23.3. The fourth-order valence-electron chi connectivity index (χ4n) is 2.93. The lowest BCUT2D eigenvalue weighted by atomic mass is 10.2. The van der Waals surface area contributed by atoms with Gasteiger partial charge in [-0.3, -0.25) is 4.79 Å². The molecule has 1 aliphatic heterocycles. The highest BCUT2D eigenvalue weighted by atomic mass is 16.5. The highest BCUT2D eigenvalue weighted by Gasteiger charge is 2.19. The summed E-state index contributed by atoms with van der Waals surface area (Å²) >= 11 is 0. The summed E-state index contributed by atoms with van der Waals surface area (Å²) in [6, 6.07) is 11.2. The maximum Gasteiger partial charge on any atom is 0.259 e. The van der Waals surface area contributed by atoms with E-state index in [1.807, 2.05) is 35.0 Å². The number of carbonyl (C=O) groups is 1. The highest BCUT2D eigenvalue weighted by Crippen LogP contribution is 2.20. The van der Waals surface area contributed by atoms with Crippen molar-refractivity contribution < 1.29 is 9.53 Å². The molecule has 0 radical (unpaired) electrons. The monoisotopic (exact) mass is 349 g/mol. The van der Waals surface area contributed by atoms with Crippen LogP contribution in [-0.4, -0.2) is 46.7 Å². The number of morpholine rings is 1. The van der Waals surface area contributed by atoms with Crippen molar-refractivity contribution in [2.24, 2.45) is 0 Å². The van der Waals surface area contributed by atoms with Gasteiger partial charge >= 0.3 is 0 Å². The van der Waals surface area contributed by atoms with Gasteiger partial charge in [-0.15, -0.1) is 0 Å². The standard InChI is InChI=1S/C19H19N5O2/c25-19(17-2-1-7-21-18(17)23-10-12-26-13-11-23)22-15-3-5-16(6-4-15)24-9-8-20-14-24/h1-9,14H,10-13H2,(H,22,25). The minimum absolute atomic E-state index is 0.171. The summed E-state index contributed by atoms with van der Waals surface area (Å²) in [5.41, 5.74) is 2.28. The number of carbonyl (C=O) groups excluding carboxylic acids is 1. The Morgan fingerprint density at radius 1 is 1.08 bits per heavy atom. The van der Waals surface area contributed by atoms with E-state index in [2.05, 4.69) is 20.2 Å². The molecular weight excluding hydrogens is 330 g/mol. The Balaban J connectivity index is 1.51. The second-order valence-electron chi connectivity index (χ2n) is 5.94. The van der Waals surface area contributed by atoms with Crippen LogP contribution in [0.1, 0.15) is 10.4 Å². The van der Waals surface area contributed by atoms with Crippen molar-refractivity contribution in [2.75, 3.05) is 36.5 Å². The van der Waals surface area contributed by atoms with E-state index in [1.54, 1.807) is 30.9 Å². The number of aromatic nitrogens is 3. The smallest absolute Gasteiger partial charge is 0.259 e. The molecule has 1 fully saturated rings. The molecule has 7 heteroatoms. The van der Waals surface area contributed by atoms with E-state index in [1.165, 1.54) is 0 Å². The number of pyridine rings is 1. The number of amides is 1. The quantitative estimate of drug-likeness (QED) is 0.783. The number of rotatable bonds is 4. The van der Waals surface area contributed by atoms with Gasteiger partial charge in [0, 0.05) is 43.1 Å². The van der Waals surface area contributed by atoms with E-state index in [4.69, 9.17) is 4.74 Å². The molecule has 3 aromatic rings. The van der Waals surface area contributed by atoms with Crippen LogP contribution in [0.5, 0.6) is 0 Å². The predicted octanol–water partition coefficient (Wildman–Crippen LogP) is 2.36. The van der Waals surface area contributed by atoms with Crippen LogP contribution in [0.25, 0.3) is 5.69 Å². The summed E-state index contributed by atoms with van der Waals surface area (Å²) < 4.78 is 7.29. The average Bonchev–Trinajstić information content (AvgIpc) is 3.24. The second-order valence-corrected chi connectivity index (χ2v) is 5.94. The van der Waals surface area contributed by atoms with Gasteiger partial charge in [0.25, 0.3) is 5.91 Å². The first-order valence-electron chi connectivity index (χ1n) is 8.49. The Bertz CT molecular complexity index is 871. The zero-order valence-electron chi connectivity index (χ0n) is 14.2. The molecule has 1 saturated heterocycles. The van der Waals surface area contributed by atoms with Crippen LogP contribution in [0.3, 0.4) is 0 Å². The molecule has 0 atom stereocenters. The van der Waals surface area contributed by atoms with Crippen molar-refractivity contribution >= 4 is 17.4 Å². The molecule has 0 aliphatic carbocycles. The first-order chi connectivity index (χ1) is 12.8. The van der Waals surface area contributed by atoms with Crippen molar-refractivity contribution in [3.63, 3.8) is 0 Å². The van der Waals surface area contributed by atoms with Gasteiger partial charge in [-0.25, -0.2) is 9.97 Å². The molecule has 1 aliphatic rings. The minimum Gasteiger partial charge on any atom is -0.378 e. The molecule has 4 rings (SSSR count). The Kier molecular flexibility index (Phi) is 4.61. The number of benzene rings is 1. The molecule has 1 N–H and O–H groups in total. The zero-order chi connectivity index (χ0) is 17.8. The molecular formula is C19H19N5O2. The normalized spacial score (nSPS) is 14.2. The van der Waals surface area contributed by atoms with Crippen LogP contribution >= 0.6 is 0 Å². The first-order valence-corrected chi connectivity index (χ1v) is 8.49. The van der Waals surface area contributed by atoms with Crippen molar-refractivity contribution in [1.29, 1.82) is 0 Å². The van der Waals surface area contributed by atoms with Gasteiger partial charge in [-0.05, 0) is 36.4 Å². The third-order valence-corrected chi connectivity index (χ3v) is 4.27. The van der Waals surface area contributed by atoms with E-state index in [9.17, 15) is 4.79 Å². The molecule has 0 unspecified atom stereocenters. The molecule has 3 heterocycles. The van der Waals surface area contributed by atoms with Crippen LogP contribution in [0.15, 0.2) is 61.3 Å². The van der Waals surface area contributed by atoms with E-state index in [-0.39, 0.29) is 5.91 Å². The van der Waals surface area contributed by atoms with Crippen LogP contribution in [-0.2, 0) is 4.74 Å². The van der Waals surface area contributed by atoms with Gasteiger partial charge in [0.15, 0.2) is 0 Å². The summed E-state index contributed by atoms with van der Waals surface area (Å²) in [5.74, 6) is 0.526. The summed E-state index contributed by atoms with van der Waals surface area (Å²) in [7, 11) is 0. The highest BCUT2D eigenvalue weighted by molar-refractivity contribution is 6.07. The largest absolute Gasteiger partial charge is 0.378 e. The van der Waals surface area contributed by atoms with Gasteiger partial charge in [-0.2, -0.15) is 0 Å². The number of imidazole rings is 1. The first kappa shape index (κ1) is 16.3. The molecule has 0 saturated carbocycles. The average molecular weight is 349 g/mol. The van der Waals surface area contributed by atoms with E-state index in [0.717, 1.165) is 24.5 Å². The minimum atomic E-state index is -0.171. The van der Waals surface area contributed by atoms with Gasteiger partial charge in [0.2, 0.25) is 0 Å². The lowest BCUT2D eigenvalue weighted by molar-refractivity contribution is 0.102. The number of anilines is 2. The molecule has 2 aromatic heterocycles. The maximum absolute atomic E-state index is 12.8. The SMILES string of the molecule is O=C(Nc1ccc(-n2ccnc2)cc1)c1cccnc1N1CCOCC1. The topological polar surface area (TPSA) is 72.3 Å². The number of nitrogens with zero attached hydrogens (tertiary/aromatic N) is 4. The number of hydrogen-bond acceptors (Lipinski definition) is 5. The molecule has 1 aromatic carbocycles. The van der Waals surface area contributed by atoms with E-state index in [0.29, 0.717) is 24.6 Å². The van der Waals surface area contributed by atoms with Crippen molar-refractivity contribution in [2.45, 2.75) is 0 Å². The Morgan fingerprint density at radius 3 is 2.62 bits per heavy atom. The Labute approximate surface area is 151 Å². The van der Waals surface area contributed by atoms with Crippen molar-refractivity contribution in [3.8, 4) is 5.69 Å². The number of hydrogen-bond donors (Lipinski definition) is 1. The van der Waals surface area contributed by atoms with Gasteiger partial charge in [0.1, 0.15) is 5.82 Å². The van der Waals surface area contributed by atoms with E-state index >= 15 is 0 Å². The maximum atomic E-state index is 12.8. The Morgan fingerprint density at radius 2 is 1.88 bits per heavy atom. The fraction of sp³-hybridized carbons (Fsp3) is 0.211. The molecule has 0 bridgehead atoms. The third-order valence-electron chi connectivity index (χ3n) is 4.27. The van der Waals surface area contributed by atoms with E-state index < -0.39 is 0 Å². The summed E-state index contributed by atoms with van der Waals surface area (Å²) in [6.07, 6.45) is 7.04. The van der Waals surface area contributed by atoms with Crippen LogP contribution < -0.4 is 10.2 Å². The lowest BCUT2D eigenvalue weighted by Crippen LogP contribution is -2.38. The Hall–Kier alpha value is -3.19. The molecule has 132 valence electrons. The summed E-state index contributed by atoms with van der Waals surface area (Å²) in [5, 5.41) is 2.95. The predicted molar refractivity (Wildman–Crippen MR) is 98.8 cm³/mol. The summed E-state index contributed by atoms with van der Waals surface area (Å²) in [6.45, 7) is 2.76. The fourth-order valence-corrected chi connectivity index (χ4v) is 2.93. The number of nitrogens with one attached hydrogen (secondary N) is 1. The van der Waals surface area contributed by atoms with Crippen molar-refractivity contribution in [3.05, 3.63) is 66.9 Å². The molecule has 1 amide bonds. The van der Waals surface area contributed by atoms with Gasteiger partial charge in [-0.1, -0.05) is 0 Å². The van der Waals surface area contributed by atoms with Crippen molar-refractivity contribution in [1.82, 2.24) is 14.5 Å². The zero-order valence-corrected chi connectivity index (χ0v) is 14.2.